The molecular weight excluding hydrogens is 600 g/mol. The summed E-state index contributed by atoms with van der Waals surface area (Å²) in [7, 11) is 0. The van der Waals surface area contributed by atoms with Gasteiger partial charge in [-0.3, -0.25) is 9.97 Å². The fraction of sp³-hybridized carbons (Fsp3) is 0.100. The zero-order chi connectivity index (χ0) is 26.6. The van der Waals surface area contributed by atoms with Gasteiger partial charge in [-0.1, -0.05) is 15.9 Å². The number of alkyl halides is 1. The molecule has 0 spiro atoms. The fourth-order valence-corrected chi connectivity index (χ4v) is 3.98. The van der Waals surface area contributed by atoms with Gasteiger partial charge < -0.3 is 0 Å². The molecule has 0 N–H and O–H groups in total. The summed E-state index contributed by atoms with van der Waals surface area (Å²) < 4.78 is 26.3. The minimum atomic E-state index is -0.226. The first-order valence-electron chi connectivity index (χ1n) is 11.4. The van der Waals surface area contributed by atoms with Crippen molar-refractivity contribution in [3.05, 3.63) is 136 Å². The van der Waals surface area contributed by atoms with Gasteiger partial charge in [-0.15, -0.1) is 0 Å². The van der Waals surface area contributed by atoms with Crippen molar-refractivity contribution >= 4 is 31.9 Å². The molecule has 0 bridgehead atoms. The van der Waals surface area contributed by atoms with Gasteiger partial charge in [-0.25, -0.2) is 13.8 Å². The van der Waals surface area contributed by atoms with Crippen molar-refractivity contribution in [3.63, 3.8) is 0 Å². The largest absolute Gasteiger partial charge is 0.256 e. The van der Waals surface area contributed by atoms with E-state index in [0.717, 1.165) is 43.6 Å². The van der Waals surface area contributed by atoms with Gasteiger partial charge in [-0.05, 0) is 131 Å². The zero-order valence-electron chi connectivity index (χ0n) is 20.4. The first-order valence-corrected chi connectivity index (χ1v) is 13.3. The monoisotopic (exact) mass is 623 g/mol. The van der Waals surface area contributed by atoms with E-state index in [-0.39, 0.29) is 11.6 Å². The average Bonchev–Trinajstić information content (AvgIpc) is 2.90. The minimum absolute atomic E-state index is 0.221. The van der Waals surface area contributed by atoms with E-state index >= 15 is 0 Å². The second-order valence-electron chi connectivity index (χ2n) is 8.07. The van der Waals surface area contributed by atoms with Crippen molar-refractivity contribution < 1.29 is 8.78 Å². The molecule has 0 atom stereocenters. The first-order chi connectivity index (χ1) is 17.8. The standard InChI is InChI=1S/C12H9BrFN.C12H10FN.C6H6BrN/c13-8-9-5-6-15-12(7-9)10-1-3-11(14)4-2-10;1-9-6-7-14-12(8-9)10-2-4-11(13)5-3-10;1-5-2-3-8-6(7)4-5/h1-7H,8H2;2-8H,1H3;2-4H,1H3. The van der Waals surface area contributed by atoms with Crippen LogP contribution in [0, 0.1) is 25.5 Å². The quantitative estimate of drug-likeness (QED) is 0.148. The molecule has 5 rings (SSSR count). The molecule has 0 saturated carbocycles. The normalized spacial score (nSPS) is 10.0. The first kappa shape index (κ1) is 28.3. The molecule has 5 aromatic rings. The molecule has 0 saturated heterocycles. The van der Waals surface area contributed by atoms with E-state index in [4.69, 9.17) is 0 Å². The highest BCUT2D eigenvalue weighted by molar-refractivity contribution is 9.10. The molecule has 0 fully saturated rings. The van der Waals surface area contributed by atoms with Crippen LogP contribution in [0.25, 0.3) is 22.5 Å². The Bertz CT molecular complexity index is 1390. The SMILES string of the molecule is Cc1ccnc(-c2ccc(F)cc2)c1.Cc1ccnc(Br)c1.Fc1ccc(-c2cc(CBr)ccn2)cc1. The van der Waals surface area contributed by atoms with E-state index in [1.807, 2.05) is 50.2 Å². The lowest BCUT2D eigenvalue weighted by atomic mass is 10.1. The number of aromatic nitrogens is 3. The molecule has 3 nitrogen and oxygen atoms in total. The number of rotatable bonds is 3. The van der Waals surface area contributed by atoms with E-state index < -0.39 is 0 Å². The number of aryl methyl sites for hydroxylation is 2. The maximum absolute atomic E-state index is 12.7. The summed E-state index contributed by atoms with van der Waals surface area (Å²) in [6.45, 7) is 4.04. The van der Waals surface area contributed by atoms with Crippen molar-refractivity contribution in [2.45, 2.75) is 19.2 Å². The van der Waals surface area contributed by atoms with Crippen molar-refractivity contribution in [1.29, 1.82) is 0 Å². The van der Waals surface area contributed by atoms with Crippen LogP contribution in [0.5, 0.6) is 0 Å². The van der Waals surface area contributed by atoms with Crippen LogP contribution in [-0.4, -0.2) is 15.0 Å². The maximum Gasteiger partial charge on any atom is 0.123 e. The molecule has 0 aliphatic rings. The van der Waals surface area contributed by atoms with Crippen LogP contribution < -0.4 is 0 Å². The molecular formula is C30H25Br2F2N3. The average molecular weight is 625 g/mol. The number of hydrogen-bond donors (Lipinski definition) is 0. The molecule has 2 aromatic carbocycles. The number of halogens is 4. The molecule has 0 unspecified atom stereocenters. The highest BCUT2D eigenvalue weighted by Crippen LogP contribution is 2.19. The molecule has 0 radical (unpaired) electrons. The highest BCUT2D eigenvalue weighted by Gasteiger charge is 2.01. The van der Waals surface area contributed by atoms with Crippen molar-refractivity contribution in [1.82, 2.24) is 15.0 Å². The number of pyridine rings is 3. The van der Waals surface area contributed by atoms with Gasteiger partial charge >= 0.3 is 0 Å². The summed E-state index contributed by atoms with van der Waals surface area (Å²) in [6.07, 6.45) is 5.29. The van der Waals surface area contributed by atoms with Crippen LogP contribution >= 0.6 is 31.9 Å². The summed E-state index contributed by atoms with van der Waals surface area (Å²) in [5, 5.41) is 0.795. The molecule has 0 aliphatic carbocycles. The molecule has 3 heterocycles. The Morgan fingerprint density at radius 3 is 1.49 bits per heavy atom. The summed E-state index contributed by atoms with van der Waals surface area (Å²) in [4.78, 5) is 12.4. The van der Waals surface area contributed by atoms with Crippen LogP contribution in [0.2, 0.25) is 0 Å². The van der Waals surface area contributed by atoms with Crippen LogP contribution in [0.4, 0.5) is 8.78 Å². The Balaban J connectivity index is 0.000000161. The van der Waals surface area contributed by atoms with Crippen LogP contribution in [0.1, 0.15) is 16.7 Å². The van der Waals surface area contributed by atoms with E-state index in [0.29, 0.717) is 0 Å². The van der Waals surface area contributed by atoms with Crippen molar-refractivity contribution in [3.8, 4) is 22.5 Å². The van der Waals surface area contributed by atoms with Crippen LogP contribution in [0.3, 0.4) is 0 Å². The van der Waals surface area contributed by atoms with Gasteiger partial charge in [0.2, 0.25) is 0 Å². The summed E-state index contributed by atoms with van der Waals surface area (Å²) in [6, 6.07) is 24.5. The summed E-state index contributed by atoms with van der Waals surface area (Å²) >= 11 is 6.64. The molecule has 7 heteroatoms. The fourth-order valence-electron chi connectivity index (χ4n) is 3.15. The lowest BCUT2D eigenvalue weighted by Crippen LogP contribution is -1.86. The predicted molar refractivity (Wildman–Crippen MR) is 153 cm³/mol. The van der Waals surface area contributed by atoms with Gasteiger partial charge in [0.25, 0.3) is 0 Å². The Morgan fingerprint density at radius 2 is 1.05 bits per heavy atom. The van der Waals surface area contributed by atoms with Gasteiger partial charge in [0, 0.05) is 35.0 Å². The molecule has 0 amide bonds. The topological polar surface area (TPSA) is 38.7 Å². The smallest absolute Gasteiger partial charge is 0.123 e. The van der Waals surface area contributed by atoms with Gasteiger partial charge in [0.15, 0.2) is 0 Å². The molecule has 0 aliphatic heterocycles. The summed E-state index contributed by atoms with van der Waals surface area (Å²) in [5.74, 6) is -0.447. The molecule has 37 heavy (non-hydrogen) atoms. The molecule has 3 aromatic heterocycles. The number of nitrogens with zero attached hydrogens (tertiary/aromatic N) is 3. The third-order valence-electron chi connectivity index (χ3n) is 5.06. The van der Waals surface area contributed by atoms with E-state index in [2.05, 4.69) is 46.8 Å². The number of benzene rings is 2. The zero-order valence-corrected chi connectivity index (χ0v) is 23.5. The van der Waals surface area contributed by atoms with Crippen molar-refractivity contribution in [2.75, 3.05) is 0 Å². The van der Waals surface area contributed by atoms with E-state index in [9.17, 15) is 8.78 Å². The third-order valence-corrected chi connectivity index (χ3v) is 6.14. The lowest BCUT2D eigenvalue weighted by molar-refractivity contribution is 0.627. The van der Waals surface area contributed by atoms with Gasteiger partial charge in [0.05, 0.1) is 11.4 Å². The molecule has 188 valence electrons. The second-order valence-corrected chi connectivity index (χ2v) is 9.44. The second kappa shape index (κ2) is 14.4. The Kier molecular flexibility index (Phi) is 11.0. The lowest BCUT2D eigenvalue weighted by Gasteiger charge is -2.02. The highest BCUT2D eigenvalue weighted by atomic mass is 79.9. The predicted octanol–water partition coefficient (Wildman–Crippen LogP) is 9.13. The van der Waals surface area contributed by atoms with Crippen LogP contribution in [-0.2, 0) is 5.33 Å². The van der Waals surface area contributed by atoms with Crippen LogP contribution in [0.15, 0.2) is 108 Å². The minimum Gasteiger partial charge on any atom is -0.256 e. The Hall–Kier alpha value is -3.29. The summed E-state index contributed by atoms with van der Waals surface area (Å²) in [5.41, 5.74) is 7.15. The van der Waals surface area contributed by atoms with Gasteiger partial charge in [0.1, 0.15) is 16.2 Å². The van der Waals surface area contributed by atoms with Gasteiger partial charge in [-0.2, -0.15) is 0 Å². The van der Waals surface area contributed by atoms with E-state index in [1.54, 1.807) is 42.9 Å². The number of hydrogen-bond acceptors (Lipinski definition) is 3. The Morgan fingerprint density at radius 1 is 0.595 bits per heavy atom. The van der Waals surface area contributed by atoms with Crippen molar-refractivity contribution in [2.24, 2.45) is 0 Å². The third kappa shape index (κ3) is 9.59. The Labute approximate surface area is 232 Å². The maximum atomic E-state index is 12.7. The van der Waals surface area contributed by atoms with E-state index in [1.165, 1.54) is 29.8 Å².